The van der Waals surface area contributed by atoms with E-state index in [1.54, 1.807) is 6.07 Å². The van der Waals surface area contributed by atoms with Crippen molar-refractivity contribution in [2.75, 3.05) is 5.73 Å². The van der Waals surface area contributed by atoms with Crippen molar-refractivity contribution in [2.45, 2.75) is 0 Å². The molecule has 0 spiro atoms. The Morgan fingerprint density at radius 2 is 1.67 bits per heavy atom. The molecule has 2 aromatic carbocycles. The predicted molar refractivity (Wildman–Crippen MR) is 61.0 cm³/mol. The van der Waals surface area contributed by atoms with Gasteiger partial charge in [0, 0.05) is 5.69 Å². The van der Waals surface area contributed by atoms with Crippen LogP contribution in [0.3, 0.4) is 0 Å². The standard InChI is InChI=1S/C13H10N2/c14-9-10-6-12(8-13(15)7-10)11-4-2-1-3-5-11/h1-8H,15H2. The molecule has 0 aliphatic heterocycles. The Morgan fingerprint density at radius 1 is 0.933 bits per heavy atom. The topological polar surface area (TPSA) is 49.8 Å². The summed E-state index contributed by atoms with van der Waals surface area (Å²) in [6, 6.07) is 17.4. The van der Waals surface area contributed by atoms with E-state index in [0.29, 0.717) is 11.3 Å². The number of anilines is 1. The Labute approximate surface area is 88.6 Å². The molecule has 0 fully saturated rings. The molecule has 0 heterocycles. The Kier molecular flexibility index (Phi) is 2.38. The van der Waals surface area contributed by atoms with Crippen LogP contribution in [0.2, 0.25) is 0 Å². The van der Waals surface area contributed by atoms with Gasteiger partial charge in [0.05, 0.1) is 11.6 Å². The number of hydrogen-bond donors (Lipinski definition) is 1. The second kappa shape index (κ2) is 3.85. The molecule has 15 heavy (non-hydrogen) atoms. The molecular weight excluding hydrogens is 184 g/mol. The van der Waals surface area contributed by atoms with Crippen LogP contribution in [0.25, 0.3) is 11.1 Å². The molecule has 0 aliphatic rings. The van der Waals surface area contributed by atoms with Crippen LogP contribution < -0.4 is 5.73 Å². The van der Waals surface area contributed by atoms with E-state index in [1.165, 1.54) is 0 Å². The zero-order chi connectivity index (χ0) is 10.7. The lowest BCUT2D eigenvalue weighted by Gasteiger charge is -2.03. The molecule has 0 unspecified atom stereocenters. The van der Waals surface area contributed by atoms with Crippen molar-refractivity contribution in [3.8, 4) is 17.2 Å². The summed E-state index contributed by atoms with van der Waals surface area (Å²) < 4.78 is 0. The van der Waals surface area contributed by atoms with E-state index >= 15 is 0 Å². The van der Waals surface area contributed by atoms with Crippen LogP contribution in [0.4, 0.5) is 5.69 Å². The van der Waals surface area contributed by atoms with Crippen LogP contribution in [0, 0.1) is 11.3 Å². The number of rotatable bonds is 1. The highest BCUT2D eigenvalue weighted by molar-refractivity contribution is 5.69. The largest absolute Gasteiger partial charge is 0.399 e. The van der Waals surface area contributed by atoms with Gasteiger partial charge in [0.25, 0.3) is 0 Å². The molecule has 2 aromatic rings. The van der Waals surface area contributed by atoms with Crippen molar-refractivity contribution < 1.29 is 0 Å². The minimum Gasteiger partial charge on any atom is -0.399 e. The highest BCUT2D eigenvalue weighted by Gasteiger charge is 2.00. The third kappa shape index (κ3) is 1.97. The summed E-state index contributed by atoms with van der Waals surface area (Å²) in [6.07, 6.45) is 0. The molecule has 0 saturated carbocycles. The van der Waals surface area contributed by atoms with E-state index in [-0.39, 0.29) is 0 Å². The Balaban J connectivity index is 2.55. The Hall–Kier alpha value is -2.27. The van der Waals surface area contributed by atoms with Crippen LogP contribution in [0.15, 0.2) is 48.5 Å². The van der Waals surface area contributed by atoms with Gasteiger partial charge in [0.1, 0.15) is 0 Å². The van der Waals surface area contributed by atoms with Crippen molar-refractivity contribution >= 4 is 5.69 Å². The zero-order valence-electron chi connectivity index (χ0n) is 8.14. The van der Waals surface area contributed by atoms with Gasteiger partial charge in [-0.2, -0.15) is 5.26 Å². The molecule has 0 aromatic heterocycles. The molecule has 0 aliphatic carbocycles. The fourth-order valence-electron chi connectivity index (χ4n) is 1.51. The summed E-state index contributed by atoms with van der Waals surface area (Å²) in [5, 5.41) is 8.83. The van der Waals surface area contributed by atoms with E-state index in [1.807, 2.05) is 42.5 Å². The molecule has 2 N–H and O–H groups in total. The number of hydrogen-bond acceptors (Lipinski definition) is 2. The van der Waals surface area contributed by atoms with Gasteiger partial charge in [0.2, 0.25) is 0 Å². The highest BCUT2D eigenvalue weighted by Crippen LogP contribution is 2.22. The van der Waals surface area contributed by atoms with Crippen molar-refractivity contribution in [3.05, 3.63) is 54.1 Å². The van der Waals surface area contributed by atoms with E-state index in [9.17, 15) is 0 Å². The number of nitrogens with two attached hydrogens (primary N) is 1. The maximum absolute atomic E-state index is 8.83. The van der Waals surface area contributed by atoms with Crippen LogP contribution >= 0.6 is 0 Å². The van der Waals surface area contributed by atoms with E-state index in [0.717, 1.165) is 11.1 Å². The lowest BCUT2D eigenvalue weighted by molar-refractivity contribution is 1.48. The van der Waals surface area contributed by atoms with Gasteiger partial charge in [-0.1, -0.05) is 30.3 Å². The maximum Gasteiger partial charge on any atom is 0.0992 e. The summed E-state index contributed by atoms with van der Waals surface area (Å²) in [5.41, 5.74) is 8.98. The predicted octanol–water partition coefficient (Wildman–Crippen LogP) is 2.81. The summed E-state index contributed by atoms with van der Waals surface area (Å²) in [6.45, 7) is 0. The van der Waals surface area contributed by atoms with Crippen LogP contribution in [-0.2, 0) is 0 Å². The van der Waals surface area contributed by atoms with Gasteiger partial charge >= 0.3 is 0 Å². The van der Waals surface area contributed by atoms with Crippen LogP contribution in [0.1, 0.15) is 5.56 Å². The molecular formula is C13H10N2. The molecule has 2 rings (SSSR count). The first-order valence-corrected chi connectivity index (χ1v) is 4.66. The van der Waals surface area contributed by atoms with Crippen molar-refractivity contribution in [1.29, 1.82) is 5.26 Å². The summed E-state index contributed by atoms with van der Waals surface area (Å²) in [7, 11) is 0. The summed E-state index contributed by atoms with van der Waals surface area (Å²) >= 11 is 0. The van der Waals surface area contributed by atoms with Gasteiger partial charge in [-0.25, -0.2) is 0 Å². The Morgan fingerprint density at radius 3 is 2.33 bits per heavy atom. The second-order valence-electron chi connectivity index (χ2n) is 3.32. The third-order valence-electron chi connectivity index (χ3n) is 2.19. The van der Waals surface area contributed by atoms with E-state index in [2.05, 4.69) is 6.07 Å². The number of nitrogen functional groups attached to an aromatic ring is 1. The van der Waals surface area contributed by atoms with Gasteiger partial charge < -0.3 is 5.73 Å². The SMILES string of the molecule is N#Cc1cc(N)cc(-c2ccccc2)c1. The first kappa shape index (κ1) is 9.29. The molecule has 2 heteroatoms. The van der Waals surface area contributed by atoms with Gasteiger partial charge in [-0.05, 0) is 29.3 Å². The molecule has 0 saturated heterocycles. The normalized spacial score (nSPS) is 9.53. The summed E-state index contributed by atoms with van der Waals surface area (Å²) in [4.78, 5) is 0. The fraction of sp³-hybridized carbons (Fsp3) is 0. The van der Waals surface area contributed by atoms with Crippen LogP contribution in [-0.4, -0.2) is 0 Å². The number of nitriles is 1. The molecule has 72 valence electrons. The van der Waals surface area contributed by atoms with Crippen LogP contribution in [0.5, 0.6) is 0 Å². The quantitative estimate of drug-likeness (QED) is 0.709. The first-order chi connectivity index (χ1) is 7.29. The smallest absolute Gasteiger partial charge is 0.0992 e. The minimum absolute atomic E-state index is 0.592. The highest BCUT2D eigenvalue weighted by atomic mass is 14.5. The first-order valence-electron chi connectivity index (χ1n) is 4.66. The lowest BCUT2D eigenvalue weighted by atomic mass is 10.0. The second-order valence-corrected chi connectivity index (χ2v) is 3.32. The third-order valence-corrected chi connectivity index (χ3v) is 2.19. The number of nitrogens with zero attached hydrogens (tertiary/aromatic N) is 1. The number of benzene rings is 2. The average molecular weight is 194 g/mol. The fourth-order valence-corrected chi connectivity index (χ4v) is 1.51. The van der Waals surface area contributed by atoms with Gasteiger partial charge in [0.15, 0.2) is 0 Å². The molecule has 0 bridgehead atoms. The van der Waals surface area contributed by atoms with Gasteiger partial charge in [-0.3, -0.25) is 0 Å². The monoisotopic (exact) mass is 194 g/mol. The van der Waals surface area contributed by atoms with Crippen molar-refractivity contribution in [2.24, 2.45) is 0 Å². The summed E-state index contributed by atoms with van der Waals surface area (Å²) in [5.74, 6) is 0. The van der Waals surface area contributed by atoms with Crippen molar-refractivity contribution in [1.82, 2.24) is 0 Å². The molecule has 0 atom stereocenters. The lowest BCUT2D eigenvalue weighted by Crippen LogP contribution is -1.88. The minimum atomic E-state index is 0.592. The Bertz CT molecular complexity index is 510. The molecule has 0 radical (unpaired) electrons. The molecule has 2 nitrogen and oxygen atoms in total. The van der Waals surface area contributed by atoms with Gasteiger partial charge in [-0.15, -0.1) is 0 Å². The maximum atomic E-state index is 8.83. The van der Waals surface area contributed by atoms with E-state index in [4.69, 9.17) is 11.0 Å². The van der Waals surface area contributed by atoms with E-state index < -0.39 is 0 Å². The molecule has 0 amide bonds. The average Bonchev–Trinajstić information content (AvgIpc) is 2.29. The zero-order valence-corrected chi connectivity index (χ0v) is 8.14. The van der Waals surface area contributed by atoms with Crippen molar-refractivity contribution in [3.63, 3.8) is 0 Å².